The molecule has 0 unspecified atom stereocenters. The van der Waals surface area contributed by atoms with Crippen LogP contribution in [0.5, 0.6) is 0 Å². The van der Waals surface area contributed by atoms with E-state index in [0.29, 0.717) is 10.6 Å². The van der Waals surface area contributed by atoms with Crippen molar-refractivity contribution in [3.63, 3.8) is 0 Å². The molecule has 1 aliphatic carbocycles. The van der Waals surface area contributed by atoms with Crippen molar-refractivity contribution < 1.29 is 19.1 Å². The molecule has 0 aromatic heterocycles. The van der Waals surface area contributed by atoms with E-state index in [1.54, 1.807) is 24.3 Å². The van der Waals surface area contributed by atoms with Gasteiger partial charge in [0.25, 0.3) is 11.8 Å². The molecule has 0 aliphatic heterocycles. The maximum absolute atomic E-state index is 12.1. The number of hydrogen-bond acceptors (Lipinski definition) is 4. The van der Waals surface area contributed by atoms with Crippen molar-refractivity contribution in [1.82, 2.24) is 10.6 Å². The number of hydrogen-bond donors (Lipinski definition) is 2. The second-order valence-corrected chi connectivity index (χ2v) is 7.00. The highest BCUT2D eigenvalue weighted by molar-refractivity contribution is 6.30. The Kier molecular flexibility index (Phi) is 6.66. The van der Waals surface area contributed by atoms with E-state index < -0.39 is 11.9 Å². The van der Waals surface area contributed by atoms with Crippen LogP contribution in [0, 0.1) is 0 Å². The molecule has 0 radical (unpaired) electrons. The van der Waals surface area contributed by atoms with Crippen LogP contribution in [0.4, 0.5) is 0 Å². The molecule has 2 aromatic carbocycles. The zero-order valence-corrected chi connectivity index (χ0v) is 16.0. The Morgan fingerprint density at radius 1 is 1.07 bits per heavy atom. The number of benzene rings is 2. The summed E-state index contributed by atoms with van der Waals surface area (Å²) in [5.41, 5.74) is 2.73. The van der Waals surface area contributed by atoms with Crippen LogP contribution in [0.15, 0.2) is 48.5 Å². The summed E-state index contributed by atoms with van der Waals surface area (Å²) in [7, 11) is 0. The van der Waals surface area contributed by atoms with Gasteiger partial charge in [-0.3, -0.25) is 14.4 Å². The average Bonchev–Trinajstić information content (AvgIpc) is 2.71. The standard InChI is InChI=1S/C21H21ClN2O4/c22-16-10-8-15(9-11-16)21(27)23-12-20(26)28-13-19(25)24-18-7-3-5-14-4-1-2-6-17(14)18/h1-2,4,6,8-11,18H,3,5,7,12-13H2,(H,23,27)(H,24,25)/t18-/m0/s1. The minimum atomic E-state index is -0.679. The zero-order valence-electron chi connectivity index (χ0n) is 15.2. The van der Waals surface area contributed by atoms with Gasteiger partial charge in [0.1, 0.15) is 6.54 Å². The van der Waals surface area contributed by atoms with Gasteiger partial charge in [0.15, 0.2) is 6.61 Å². The Labute approximate surface area is 168 Å². The van der Waals surface area contributed by atoms with Crippen LogP contribution in [0.2, 0.25) is 5.02 Å². The van der Waals surface area contributed by atoms with Crippen molar-refractivity contribution in [2.24, 2.45) is 0 Å². The van der Waals surface area contributed by atoms with Gasteiger partial charge in [0.05, 0.1) is 6.04 Å². The number of carbonyl (C=O) groups is 3. The van der Waals surface area contributed by atoms with E-state index in [1.807, 2.05) is 18.2 Å². The number of rotatable bonds is 6. The molecule has 0 bridgehead atoms. The Balaban J connectivity index is 1.42. The van der Waals surface area contributed by atoms with E-state index in [-0.39, 0.29) is 25.1 Å². The summed E-state index contributed by atoms with van der Waals surface area (Å²) in [6.45, 7) is -0.699. The lowest BCUT2D eigenvalue weighted by molar-refractivity contribution is -0.147. The van der Waals surface area contributed by atoms with Gasteiger partial charge < -0.3 is 15.4 Å². The third-order valence-corrected chi connectivity index (χ3v) is 4.82. The second-order valence-electron chi connectivity index (χ2n) is 6.56. The lowest BCUT2D eigenvalue weighted by atomic mass is 9.88. The first kappa shape index (κ1) is 19.9. The van der Waals surface area contributed by atoms with E-state index >= 15 is 0 Å². The fourth-order valence-electron chi connectivity index (χ4n) is 3.19. The molecule has 0 saturated carbocycles. The summed E-state index contributed by atoms with van der Waals surface area (Å²) in [4.78, 5) is 35.9. The molecule has 28 heavy (non-hydrogen) atoms. The minimum Gasteiger partial charge on any atom is -0.454 e. The maximum atomic E-state index is 12.1. The average molecular weight is 401 g/mol. The Hall–Kier alpha value is -2.86. The summed E-state index contributed by atoms with van der Waals surface area (Å²) in [5.74, 6) is -1.46. The SMILES string of the molecule is O=C(COC(=O)CNC(=O)c1ccc(Cl)cc1)N[C@H]1CCCc2ccccc21. The quantitative estimate of drug-likeness (QED) is 0.730. The maximum Gasteiger partial charge on any atom is 0.325 e. The number of carbonyl (C=O) groups excluding carboxylic acids is 3. The molecule has 0 spiro atoms. The number of fused-ring (bicyclic) bond motifs is 1. The van der Waals surface area contributed by atoms with E-state index in [1.165, 1.54) is 5.56 Å². The molecule has 1 atom stereocenters. The van der Waals surface area contributed by atoms with Crippen molar-refractivity contribution >= 4 is 29.4 Å². The van der Waals surface area contributed by atoms with Gasteiger partial charge in [-0.2, -0.15) is 0 Å². The van der Waals surface area contributed by atoms with E-state index in [9.17, 15) is 14.4 Å². The molecule has 1 aliphatic rings. The van der Waals surface area contributed by atoms with Crippen LogP contribution in [0.3, 0.4) is 0 Å². The van der Waals surface area contributed by atoms with E-state index in [2.05, 4.69) is 16.7 Å². The first-order chi connectivity index (χ1) is 13.5. The molecule has 0 fully saturated rings. The number of ether oxygens (including phenoxy) is 1. The number of halogens is 1. The van der Waals surface area contributed by atoms with Crippen LogP contribution in [0.1, 0.15) is 40.4 Å². The van der Waals surface area contributed by atoms with E-state index in [4.69, 9.17) is 16.3 Å². The van der Waals surface area contributed by atoms with Crippen molar-refractivity contribution in [2.75, 3.05) is 13.2 Å². The van der Waals surface area contributed by atoms with Crippen LogP contribution in [-0.4, -0.2) is 30.9 Å². The molecule has 6 nitrogen and oxygen atoms in total. The summed E-state index contributed by atoms with van der Waals surface area (Å²) in [6.07, 6.45) is 2.86. The molecule has 146 valence electrons. The Morgan fingerprint density at radius 3 is 2.61 bits per heavy atom. The van der Waals surface area contributed by atoms with Gasteiger partial charge in [0, 0.05) is 10.6 Å². The van der Waals surface area contributed by atoms with Crippen molar-refractivity contribution in [2.45, 2.75) is 25.3 Å². The fraction of sp³-hybridized carbons (Fsp3) is 0.286. The monoisotopic (exact) mass is 400 g/mol. The van der Waals surface area contributed by atoms with Crippen LogP contribution in [0.25, 0.3) is 0 Å². The highest BCUT2D eigenvalue weighted by Gasteiger charge is 2.21. The molecule has 3 rings (SSSR count). The van der Waals surface area contributed by atoms with Crippen molar-refractivity contribution in [3.8, 4) is 0 Å². The van der Waals surface area contributed by atoms with Crippen molar-refractivity contribution in [3.05, 3.63) is 70.2 Å². The predicted molar refractivity (Wildman–Crippen MR) is 105 cm³/mol. The van der Waals surface area contributed by atoms with Crippen molar-refractivity contribution in [1.29, 1.82) is 0 Å². The summed E-state index contributed by atoms with van der Waals surface area (Å²) >= 11 is 5.77. The first-order valence-electron chi connectivity index (χ1n) is 9.09. The molecule has 2 N–H and O–H groups in total. The van der Waals surface area contributed by atoms with Gasteiger partial charge >= 0.3 is 5.97 Å². The third kappa shape index (κ3) is 5.33. The van der Waals surface area contributed by atoms with Crippen LogP contribution >= 0.6 is 11.6 Å². The lowest BCUT2D eigenvalue weighted by Crippen LogP contribution is -2.36. The number of esters is 1. The molecule has 0 saturated heterocycles. The zero-order chi connectivity index (χ0) is 19.9. The largest absolute Gasteiger partial charge is 0.454 e. The second kappa shape index (κ2) is 9.37. The molecular formula is C21H21ClN2O4. The van der Waals surface area contributed by atoms with Gasteiger partial charge in [-0.05, 0) is 54.7 Å². The molecule has 2 amide bonds. The molecule has 7 heteroatoms. The number of nitrogens with one attached hydrogen (secondary N) is 2. The summed E-state index contributed by atoms with van der Waals surface area (Å²) in [6, 6.07) is 14.2. The smallest absolute Gasteiger partial charge is 0.325 e. The Morgan fingerprint density at radius 2 is 1.82 bits per heavy atom. The summed E-state index contributed by atoms with van der Waals surface area (Å²) < 4.78 is 4.95. The van der Waals surface area contributed by atoms with Gasteiger partial charge in [-0.15, -0.1) is 0 Å². The molecule has 0 heterocycles. The summed E-state index contributed by atoms with van der Waals surface area (Å²) in [5, 5.41) is 5.87. The highest BCUT2D eigenvalue weighted by Crippen LogP contribution is 2.29. The van der Waals surface area contributed by atoms with E-state index in [0.717, 1.165) is 24.8 Å². The number of amides is 2. The van der Waals surface area contributed by atoms with Gasteiger partial charge in [-0.1, -0.05) is 35.9 Å². The number of aryl methyl sites for hydroxylation is 1. The normalized spacial score (nSPS) is 15.2. The van der Waals surface area contributed by atoms with Gasteiger partial charge in [0.2, 0.25) is 0 Å². The third-order valence-electron chi connectivity index (χ3n) is 4.57. The van der Waals surface area contributed by atoms with Gasteiger partial charge in [-0.25, -0.2) is 0 Å². The molecule has 2 aromatic rings. The topological polar surface area (TPSA) is 84.5 Å². The fourth-order valence-corrected chi connectivity index (χ4v) is 3.32. The van der Waals surface area contributed by atoms with Crippen LogP contribution < -0.4 is 10.6 Å². The van der Waals surface area contributed by atoms with Crippen LogP contribution in [-0.2, 0) is 20.7 Å². The predicted octanol–water partition coefficient (Wildman–Crippen LogP) is 2.81. The first-order valence-corrected chi connectivity index (χ1v) is 9.47. The minimum absolute atomic E-state index is 0.0687. The molecular weight excluding hydrogens is 380 g/mol. The Bertz CT molecular complexity index is 867. The highest BCUT2D eigenvalue weighted by atomic mass is 35.5. The lowest BCUT2D eigenvalue weighted by Gasteiger charge is -2.26.